The van der Waals surface area contributed by atoms with Gasteiger partial charge in [0.15, 0.2) is 0 Å². The zero-order valence-corrected chi connectivity index (χ0v) is 15.8. The lowest BCUT2D eigenvalue weighted by molar-refractivity contribution is -0.0912. The minimum atomic E-state index is 0.00826. The van der Waals surface area contributed by atoms with E-state index in [2.05, 4.69) is 62.3 Å². The molecule has 0 saturated heterocycles. The summed E-state index contributed by atoms with van der Waals surface area (Å²) >= 11 is 0. The van der Waals surface area contributed by atoms with Crippen molar-refractivity contribution in [2.24, 2.45) is 16.2 Å². The summed E-state index contributed by atoms with van der Waals surface area (Å²) < 4.78 is 17.6. The number of ether oxygens (including phenoxy) is 3. The van der Waals surface area contributed by atoms with Gasteiger partial charge in [0.1, 0.15) is 6.10 Å². The Morgan fingerprint density at radius 3 is 1.19 bits per heavy atom. The number of hydrogen-bond acceptors (Lipinski definition) is 3. The largest absolute Gasteiger partial charge is 0.378 e. The molecule has 0 aliphatic carbocycles. The third-order valence-electron chi connectivity index (χ3n) is 2.43. The van der Waals surface area contributed by atoms with Crippen LogP contribution >= 0.6 is 0 Å². The molecule has 3 heteroatoms. The summed E-state index contributed by atoms with van der Waals surface area (Å²) in [6, 6.07) is 0. The molecule has 0 aromatic rings. The molecule has 0 heterocycles. The van der Waals surface area contributed by atoms with Crippen molar-refractivity contribution in [3.8, 4) is 0 Å². The molecule has 0 aromatic carbocycles. The molecule has 0 aliphatic rings. The van der Waals surface area contributed by atoms with Crippen LogP contribution in [0.3, 0.4) is 0 Å². The Hall–Kier alpha value is -0.120. The van der Waals surface area contributed by atoms with Crippen LogP contribution in [0.1, 0.15) is 62.3 Å². The highest BCUT2D eigenvalue weighted by atomic mass is 16.6. The van der Waals surface area contributed by atoms with Gasteiger partial charge in [-0.1, -0.05) is 62.3 Å². The van der Waals surface area contributed by atoms with Crippen molar-refractivity contribution in [3.63, 3.8) is 0 Å². The fraction of sp³-hybridized carbons (Fsp3) is 1.00. The van der Waals surface area contributed by atoms with E-state index >= 15 is 0 Å². The van der Waals surface area contributed by atoms with Gasteiger partial charge in [-0.3, -0.25) is 0 Å². The molecule has 0 radical (unpaired) electrons. The lowest BCUT2D eigenvalue weighted by Gasteiger charge is -2.27. The van der Waals surface area contributed by atoms with Gasteiger partial charge >= 0.3 is 0 Å². The second kappa shape index (κ2) is 8.50. The fourth-order valence-corrected chi connectivity index (χ4v) is 1.51. The Bertz CT molecular complexity index is 246. The molecule has 0 saturated carbocycles. The van der Waals surface area contributed by atoms with E-state index in [1.807, 2.05) is 0 Å². The quantitative estimate of drug-likeness (QED) is 0.658. The van der Waals surface area contributed by atoms with E-state index in [1.165, 1.54) is 0 Å². The van der Waals surface area contributed by atoms with Crippen LogP contribution in [0.25, 0.3) is 0 Å². The van der Waals surface area contributed by atoms with E-state index in [-0.39, 0.29) is 22.3 Å². The van der Waals surface area contributed by atoms with E-state index in [0.717, 1.165) is 19.8 Å². The molecule has 0 amide bonds. The van der Waals surface area contributed by atoms with E-state index < -0.39 is 0 Å². The number of rotatable bonds is 8. The summed E-state index contributed by atoms with van der Waals surface area (Å²) in [4.78, 5) is 0. The van der Waals surface area contributed by atoms with Gasteiger partial charge in [0.25, 0.3) is 0 Å². The molecule has 0 rings (SSSR count). The van der Waals surface area contributed by atoms with Gasteiger partial charge in [-0.25, -0.2) is 0 Å². The first-order valence-electron chi connectivity index (χ1n) is 8.06. The van der Waals surface area contributed by atoms with Gasteiger partial charge in [0.2, 0.25) is 0 Å². The zero-order chi connectivity index (χ0) is 16.7. The maximum atomic E-state index is 5.99. The predicted molar refractivity (Wildman–Crippen MR) is 89.7 cm³/mol. The Labute approximate surface area is 132 Å². The topological polar surface area (TPSA) is 27.7 Å². The van der Waals surface area contributed by atoms with Gasteiger partial charge in [-0.2, -0.15) is 0 Å². The minimum absolute atomic E-state index is 0.00826. The highest BCUT2D eigenvalue weighted by molar-refractivity contribution is 4.66. The molecule has 0 fully saturated rings. The van der Waals surface area contributed by atoms with Gasteiger partial charge in [-0.15, -0.1) is 0 Å². The van der Waals surface area contributed by atoms with Crippen LogP contribution in [0, 0.1) is 16.2 Å². The summed E-state index contributed by atoms with van der Waals surface area (Å²) in [6.07, 6.45) is 0.00826. The Balaban J connectivity index is 4.21. The monoisotopic (exact) mass is 302 g/mol. The van der Waals surface area contributed by atoms with Crippen molar-refractivity contribution in [2.75, 3.05) is 33.0 Å². The van der Waals surface area contributed by atoms with Gasteiger partial charge in [0, 0.05) is 0 Å². The molecular formula is C18H38O3. The van der Waals surface area contributed by atoms with Crippen LogP contribution in [0.5, 0.6) is 0 Å². The van der Waals surface area contributed by atoms with E-state index in [0.29, 0.717) is 13.2 Å². The third-order valence-corrected chi connectivity index (χ3v) is 2.43. The lowest BCUT2D eigenvalue weighted by Crippen LogP contribution is -2.32. The molecule has 128 valence electrons. The van der Waals surface area contributed by atoms with Crippen LogP contribution in [-0.4, -0.2) is 39.1 Å². The molecular weight excluding hydrogens is 264 g/mol. The van der Waals surface area contributed by atoms with Crippen molar-refractivity contribution < 1.29 is 14.2 Å². The normalized spacial score (nSPS) is 14.0. The van der Waals surface area contributed by atoms with Crippen molar-refractivity contribution in [1.29, 1.82) is 0 Å². The standard InChI is InChI=1S/C18H38O3/c1-16(2,3)12-19-10-15(21-14-18(7,8)9)11-20-13-17(4,5)6/h15H,10-14H2,1-9H3. The maximum Gasteiger partial charge on any atom is 0.104 e. The second-order valence-electron chi connectivity index (χ2n) is 9.65. The number of hydrogen-bond donors (Lipinski definition) is 0. The molecule has 0 atom stereocenters. The Morgan fingerprint density at radius 2 is 0.905 bits per heavy atom. The third kappa shape index (κ3) is 16.1. The summed E-state index contributed by atoms with van der Waals surface area (Å²) in [6.45, 7) is 23.0. The average Bonchev–Trinajstić information content (AvgIpc) is 2.20. The van der Waals surface area contributed by atoms with Crippen molar-refractivity contribution in [2.45, 2.75) is 68.4 Å². The highest BCUT2D eigenvalue weighted by Crippen LogP contribution is 2.17. The predicted octanol–water partition coefficient (Wildman–Crippen LogP) is 4.54. The van der Waals surface area contributed by atoms with Gasteiger partial charge < -0.3 is 14.2 Å². The van der Waals surface area contributed by atoms with Crippen molar-refractivity contribution >= 4 is 0 Å². The summed E-state index contributed by atoms with van der Waals surface area (Å²) in [7, 11) is 0. The summed E-state index contributed by atoms with van der Waals surface area (Å²) in [5, 5.41) is 0. The van der Waals surface area contributed by atoms with Crippen LogP contribution in [0.4, 0.5) is 0 Å². The van der Waals surface area contributed by atoms with Crippen molar-refractivity contribution in [3.05, 3.63) is 0 Å². The first-order valence-corrected chi connectivity index (χ1v) is 8.06. The van der Waals surface area contributed by atoms with Crippen molar-refractivity contribution in [1.82, 2.24) is 0 Å². The lowest BCUT2D eigenvalue weighted by atomic mass is 9.98. The molecule has 0 aromatic heterocycles. The summed E-state index contributed by atoms with van der Waals surface area (Å²) in [5.41, 5.74) is 0.522. The summed E-state index contributed by atoms with van der Waals surface area (Å²) in [5.74, 6) is 0. The molecule has 0 N–H and O–H groups in total. The second-order valence-corrected chi connectivity index (χ2v) is 9.65. The smallest absolute Gasteiger partial charge is 0.104 e. The molecule has 0 unspecified atom stereocenters. The van der Waals surface area contributed by atoms with E-state index in [1.54, 1.807) is 0 Å². The van der Waals surface area contributed by atoms with Crippen LogP contribution < -0.4 is 0 Å². The zero-order valence-electron chi connectivity index (χ0n) is 15.8. The molecule has 3 nitrogen and oxygen atoms in total. The first-order chi connectivity index (χ1) is 9.29. The molecule has 21 heavy (non-hydrogen) atoms. The average molecular weight is 302 g/mol. The SMILES string of the molecule is CC(C)(C)COCC(COCC(C)(C)C)OCC(C)(C)C. The first kappa shape index (κ1) is 20.9. The maximum absolute atomic E-state index is 5.99. The molecule has 0 spiro atoms. The van der Waals surface area contributed by atoms with E-state index in [9.17, 15) is 0 Å². The highest BCUT2D eigenvalue weighted by Gasteiger charge is 2.19. The van der Waals surface area contributed by atoms with Gasteiger partial charge in [-0.05, 0) is 16.2 Å². The molecule has 0 aliphatic heterocycles. The van der Waals surface area contributed by atoms with Crippen LogP contribution in [0.2, 0.25) is 0 Å². The van der Waals surface area contributed by atoms with Crippen LogP contribution in [0.15, 0.2) is 0 Å². The van der Waals surface area contributed by atoms with Gasteiger partial charge in [0.05, 0.1) is 33.0 Å². The Kier molecular flexibility index (Phi) is 8.45. The van der Waals surface area contributed by atoms with Crippen LogP contribution in [-0.2, 0) is 14.2 Å². The minimum Gasteiger partial charge on any atom is -0.378 e. The van der Waals surface area contributed by atoms with E-state index in [4.69, 9.17) is 14.2 Å². The Morgan fingerprint density at radius 1 is 0.571 bits per heavy atom. The fourth-order valence-electron chi connectivity index (χ4n) is 1.51. The molecule has 0 bridgehead atoms.